The summed E-state index contributed by atoms with van der Waals surface area (Å²) in [6.45, 7) is 3.19. The van der Waals surface area contributed by atoms with E-state index in [0.29, 0.717) is 12.8 Å². The van der Waals surface area contributed by atoms with Crippen LogP contribution in [0.5, 0.6) is 0 Å². The molecule has 13 nitrogen and oxygen atoms in total. The minimum atomic E-state index is -5.13. The topological polar surface area (TPSA) is 210 Å². The minimum Gasteiger partial charge on any atom is -0.462 e. The van der Waals surface area contributed by atoms with Gasteiger partial charge in [0.1, 0.15) is 43.2 Å². The lowest BCUT2D eigenvalue weighted by atomic mass is 9.85. The molecule has 1 rings (SSSR count). The Morgan fingerprint density at radius 2 is 0.900 bits per heavy atom. The number of esters is 2. The van der Waals surface area contributed by atoms with Crippen LogP contribution >= 0.6 is 7.82 Å². The summed E-state index contributed by atoms with van der Waals surface area (Å²) in [4.78, 5) is 35.6. The molecular weight excluding hydrogens is 791 g/mol. The van der Waals surface area contributed by atoms with Crippen molar-refractivity contribution >= 4 is 19.8 Å². The summed E-state index contributed by atoms with van der Waals surface area (Å²) in [5.41, 5.74) is 0. The van der Waals surface area contributed by atoms with Crippen molar-refractivity contribution in [2.24, 2.45) is 0 Å². The highest BCUT2D eigenvalue weighted by molar-refractivity contribution is 7.47. The van der Waals surface area contributed by atoms with Crippen molar-refractivity contribution in [3.8, 4) is 0 Å². The number of hydrogen-bond donors (Lipinski definition) is 6. The van der Waals surface area contributed by atoms with Gasteiger partial charge in [0.15, 0.2) is 6.10 Å². The minimum absolute atomic E-state index is 0.0551. The molecule has 0 radical (unpaired) electrons. The van der Waals surface area contributed by atoms with E-state index in [-0.39, 0.29) is 12.8 Å². The molecule has 0 heterocycles. The molecule has 1 saturated carbocycles. The molecule has 0 aromatic rings. The van der Waals surface area contributed by atoms with Crippen molar-refractivity contribution in [3.63, 3.8) is 0 Å². The average Bonchev–Trinajstić information content (AvgIpc) is 3.23. The van der Waals surface area contributed by atoms with E-state index in [4.69, 9.17) is 18.5 Å². The van der Waals surface area contributed by atoms with Crippen molar-refractivity contribution in [3.05, 3.63) is 60.8 Å². The molecular formula is C46H79O13P. The zero-order valence-electron chi connectivity index (χ0n) is 36.5. The SMILES string of the molecule is CCCCC/C=C\C/C=C\C/C=C\C/C=C\CCCCCC(=O)O[C@H](COC(=O)CCCCCCC/C=C\CCCCC)COP(=O)(O)OC1C(O)C(O)C(O)[C@@H](O)C1O. The third kappa shape index (κ3) is 28.2. The zero-order valence-corrected chi connectivity index (χ0v) is 37.4. The van der Waals surface area contributed by atoms with Gasteiger partial charge in [0.05, 0.1) is 6.61 Å². The highest BCUT2D eigenvalue weighted by Crippen LogP contribution is 2.47. The van der Waals surface area contributed by atoms with Gasteiger partial charge < -0.3 is 39.9 Å². The van der Waals surface area contributed by atoms with Crippen LogP contribution in [0, 0.1) is 0 Å². The smallest absolute Gasteiger partial charge is 0.462 e. The van der Waals surface area contributed by atoms with E-state index in [1.54, 1.807) is 0 Å². The normalized spacial score (nSPS) is 22.7. The molecule has 0 aromatic heterocycles. The fourth-order valence-electron chi connectivity index (χ4n) is 6.38. The van der Waals surface area contributed by atoms with Crippen LogP contribution in [0.25, 0.3) is 0 Å². The number of aliphatic hydroxyl groups excluding tert-OH is 5. The molecule has 0 aromatic carbocycles. The highest BCUT2D eigenvalue weighted by atomic mass is 31.2. The molecule has 8 atom stereocenters. The average molecular weight is 871 g/mol. The molecule has 0 aliphatic heterocycles. The van der Waals surface area contributed by atoms with Gasteiger partial charge in [-0.3, -0.25) is 18.6 Å². The molecule has 6 N–H and O–H groups in total. The van der Waals surface area contributed by atoms with Gasteiger partial charge in [-0.2, -0.15) is 0 Å². The van der Waals surface area contributed by atoms with Gasteiger partial charge in [-0.1, -0.05) is 126 Å². The third-order valence-electron chi connectivity index (χ3n) is 10.1. The Labute approximate surface area is 360 Å². The van der Waals surface area contributed by atoms with E-state index in [0.717, 1.165) is 83.5 Å². The van der Waals surface area contributed by atoms with Crippen LogP contribution in [0.2, 0.25) is 0 Å². The first-order valence-corrected chi connectivity index (χ1v) is 24.1. The molecule has 14 heteroatoms. The monoisotopic (exact) mass is 871 g/mol. The van der Waals surface area contributed by atoms with E-state index < -0.39 is 75.7 Å². The Hall–Kier alpha value is -2.45. The van der Waals surface area contributed by atoms with Gasteiger partial charge in [0.25, 0.3) is 0 Å². The van der Waals surface area contributed by atoms with Gasteiger partial charge >= 0.3 is 19.8 Å². The summed E-state index contributed by atoms with van der Waals surface area (Å²) in [6.07, 6.45) is 29.9. The number of ether oxygens (including phenoxy) is 2. The third-order valence-corrected chi connectivity index (χ3v) is 11.1. The van der Waals surface area contributed by atoms with E-state index in [2.05, 4.69) is 74.6 Å². The van der Waals surface area contributed by atoms with Gasteiger partial charge in [0, 0.05) is 12.8 Å². The lowest BCUT2D eigenvalue weighted by molar-refractivity contribution is -0.220. The fourth-order valence-corrected chi connectivity index (χ4v) is 7.35. The second kappa shape index (κ2) is 36.1. The Kier molecular flexibility index (Phi) is 33.4. The van der Waals surface area contributed by atoms with E-state index in [1.807, 2.05) is 0 Å². The highest BCUT2D eigenvalue weighted by Gasteiger charge is 2.51. The largest absolute Gasteiger partial charge is 0.472 e. The quantitative estimate of drug-likeness (QED) is 0.0151. The molecule has 60 heavy (non-hydrogen) atoms. The number of rotatable bonds is 36. The predicted molar refractivity (Wildman–Crippen MR) is 235 cm³/mol. The number of carbonyl (C=O) groups is 2. The molecule has 6 unspecified atom stereocenters. The Balaban J connectivity index is 2.51. The first-order valence-electron chi connectivity index (χ1n) is 22.6. The maximum Gasteiger partial charge on any atom is 0.472 e. The van der Waals surface area contributed by atoms with Crippen molar-refractivity contribution in [2.75, 3.05) is 13.2 Å². The van der Waals surface area contributed by atoms with Crippen LogP contribution in [0.3, 0.4) is 0 Å². The van der Waals surface area contributed by atoms with Crippen LogP contribution in [0.15, 0.2) is 60.8 Å². The Morgan fingerprint density at radius 3 is 1.40 bits per heavy atom. The second-order valence-corrected chi connectivity index (χ2v) is 16.9. The number of aliphatic hydroxyl groups is 5. The van der Waals surface area contributed by atoms with Crippen LogP contribution in [-0.2, 0) is 32.7 Å². The number of carbonyl (C=O) groups excluding carboxylic acids is 2. The summed E-state index contributed by atoms with van der Waals surface area (Å²) < 4.78 is 33.4. The predicted octanol–water partition coefficient (Wildman–Crippen LogP) is 8.55. The van der Waals surface area contributed by atoms with Gasteiger partial charge in [-0.15, -0.1) is 0 Å². The zero-order chi connectivity index (χ0) is 44.3. The van der Waals surface area contributed by atoms with Crippen LogP contribution in [-0.4, -0.2) is 98.3 Å². The summed E-state index contributed by atoms with van der Waals surface area (Å²) in [5, 5.41) is 50.1. The number of allylic oxidation sites excluding steroid dienone is 10. The van der Waals surface area contributed by atoms with Crippen LogP contribution in [0.4, 0.5) is 0 Å². The van der Waals surface area contributed by atoms with E-state index in [9.17, 15) is 44.6 Å². The fraction of sp³-hybridized carbons (Fsp3) is 0.739. The standard InChI is InChI=1S/C46H79O13P/c1-3-5-7-9-11-13-15-17-18-19-20-21-22-23-25-27-29-31-33-35-40(48)58-38(36-56-39(47)34-32-30-28-26-24-16-14-12-10-8-6-4-2)37-57-60(54,55)59-46-44(52)42(50)41(49)43(51)45(46)53/h11-14,17-18,20-21,23,25,38,41-46,49-53H,3-10,15-16,19,22,24,26-37H2,1-2H3,(H,54,55)/b13-11-,14-12-,18-17-,21-20-,25-23-/t38-,41?,42-,43?,44?,45?,46?/m1/s1. The summed E-state index contributed by atoms with van der Waals surface area (Å²) in [7, 11) is -5.13. The Morgan fingerprint density at radius 1 is 0.517 bits per heavy atom. The maximum atomic E-state index is 12.8. The first kappa shape index (κ1) is 55.6. The number of phosphoric acid groups is 1. The summed E-state index contributed by atoms with van der Waals surface area (Å²) in [6, 6.07) is 0. The second-order valence-electron chi connectivity index (χ2n) is 15.5. The maximum absolute atomic E-state index is 12.8. The lowest BCUT2D eigenvalue weighted by Crippen LogP contribution is -2.64. The molecule has 346 valence electrons. The van der Waals surface area contributed by atoms with Crippen molar-refractivity contribution < 1.29 is 63.1 Å². The van der Waals surface area contributed by atoms with Crippen molar-refractivity contribution in [2.45, 2.75) is 204 Å². The number of hydrogen-bond acceptors (Lipinski definition) is 12. The molecule has 1 fully saturated rings. The van der Waals surface area contributed by atoms with Gasteiger partial charge in [-0.05, 0) is 83.5 Å². The molecule has 1 aliphatic carbocycles. The molecule has 0 spiro atoms. The molecule has 0 amide bonds. The van der Waals surface area contributed by atoms with E-state index in [1.165, 1.54) is 38.5 Å². The molecule has 0 bridgehead atoms. The number of phosphoric ester groups is 1. The van der Waals surface area contributed by atoms with Gasteiger partial charge in [0.2, 0.25) is 0 Å². The van der Waals surface area contributed by atoms with Gasteiger partial charge in [-0.25, -0.2) is 4.57 Å². The number of unbranched alkanes of at least 4 members (excludes halogenated alkanes) is 14. The van der Waals surface area contributed by atoms with E-state index >= 15 is 0 Å². The lowest BCUT2D eigenvalue weighted by Gasteiger charge is -2.41. The Bertz CT molecular complexity index is 1280. The van der Waals surface area contributed by atoms with Crippen molar-refractivity contribution in [1.82, 2.24) is 0 Å². The summed E-state index contributed by atoms with van der Waals surface area (Å²) >= 11 is 0. The molecule has 0 saturated heterocycles. The molecule has 1 aliphatic rings. The van der Waals surface area contributed by atoms with Crippen LogP contribution in [0.1, 0.15) is 162 Å². The first-order chi connectivity index (χ1) is 28.9. The van der Waals surface area contributed by atoms with Crippen molar-refractivity contribution in [1.29, 1.82) is 0 Å². The summed E-state index contributed by atoms with van der Waals surface area (Å²) in [5.74, 6) is -1.15. The van der Waals surface area contributed by atoms with Crippen LogP contribution < -0.4 is 0 Å².